The first-order chi connectivity index (χ1) is 10.0. The summed E-state index contributed by atoms with van der Waals surface area (Å²) in [6.45, 7) is 0. The molecule has 0 spiro atoms. The molecule has 0 bridgehead atoms. The van der Waals surface area contributed by atoms with Gasteiger partial charge in [0, 0.05) is 14.5 Å². The van der Waals surface area contributed by atoms with Crippen molar-refractivity contribution in [1.29, 1.82) is 0 Å². The van der Waals surface area contributed by atoms with Gasteiger partial charge in [0.2, 0.25) is 0 Å². The minimum absolute atomic E-state index is 0.0766. The second-order valence-electron chi connectivity index (χ2n) is 4.75. The van der Waals surface area contributed by atoms with Crippen molar-refractivity contribution in [2.45, 2.75) is 6.42 Å². The second-order valence-corrected chi connectivity index (χ2v) is 5.99. The lowest BCUT2D eigenvalue weighted by Gasteiger charge is -2.03. The van der Waals surface area contributed by atoms with Crippen LogP contribution < -0.4 is 0 Å². The summed E-state index contributed by atoms with van der Waals surface area (Å²) in [5, 5.41) is 10.0. The molecule has 0 radical (unpaired) electrons. The lowest BCUT2D eigenvalue weighted by atomic mass is 10.0. The van der Waals surface area contributed by atoms with Crippen molar-refractivity contribution in [1.82, 2.24) is 4.98 Å². The van der Waals surface area contributed by atoms with E-state index in [0.717, 1.165) is 31.3 Å². The molecule has 1 heterocycles. The Labute approximate surface area is 133 Å². The first-order valence-electron chi connectivity index (χ1n) is 6.32. The average Bonchev–Trinajstić information content (AvgIpc) is 2.77. The first kappa shape index (κ1) is 14.1. The number of hydrogen-bond acceptors (Lipinski definition) is 1. The van der Waals surface area contributed by atoms with Gasteiger partial charge in [0.1, 0.15) is 5.82 Å². The highest BCUT2D eigenvalue weighted by atomic mass is 127. The number of benzene rings is 2. The summed E-state index contributed by atoms with van der Waals surface area (Å²) in [6, 6.07) is 11.9. The van der Waals surface area contributed by atoms with Crippen molar-refractivity contribution in [3.8, 4) is 11.3 Å². The molecular weight excluding hydrogens is 384 g/mol. The van der Waals surface area contributed by atoms with E-state index in [9.17, 15) is 9.18 Å². The Morgan fingerprint density at radius 2 is 1.90 bits per heavy atom. The highest BCUT2D eigenvalue weighted by Gasteiger charge is 2.16. The van der Waals surface area contributed by atoms with Crippen LogP contribution in [0.1, 0.15) is 5.56 Å². The fraction of sp³-hybridized carbons (Fsp3) is 0.0625. The maximum absolute atomic E-state index is 13.1. The average molecular weight is 395 g/mol. The molecule has 3 aromatic rings. The molecule has 106 valence electrons. The van der Waals surface area contributed by atoms with Gasteiger partial charge in [-0.2, -0.15) is 0 Å². The van der Waals surface area contributed by atoms with Crippen LogP contribution in [0.4, 0.5) is 4.39 Å². The number of aliphatic carboxylic acids is 1. The zero-order chi connectivity index (χ0) is 15.0. The third-order valence-corrected chi connectivity index (χ3v) is 4.00. The van der Waals surface area contributed by atoms with E-state index in [1.807, 2.05) is 18.2 Å². The Morgan fingerprint density at radius 1 is 1.19 bits per heavy atom. The van der Waals surface area contributed by atoms with Crippen molar-refractivity contribution in [2.24, 2.45) is 0 Å². The Kier molecular flexibility index (Phi) is 3.67. The summed E-state index contributed by atoms with van der Waals surface area (Å²) in [7, 11) is 0. The third kappa shape index (κ3) is 2.78. The fourth-order valence-electron chi connectivity index (χ4n) is 2.42. The van der Waals surface area contributed by atoms with E-state index < -0.39 is 5.97 Å². The van der Waals surface area contributed by atoms with Gasteiger partial charge in [-0.3, -0.25) is 4.79 Å². The van der Waals surface area contributed by atoms with E-state index in [4.69, 9.17) is 5.11 Å². The molecule has 0 atom stereocenters. The summed E-state index contributed by atoms with van der Waals surface area (Å²) in [4.78, 5) is 14.4. The molecule has 3 rings (SSSR count). The molecule has 0 saturated heterocycles. The van der Waals surface area contributed by atoms with Gasteiger partial charge in [0.05, 0.1) is 12.1 Å². The van der Waals surface area contributed by atoms with E-state index in [1.165, 1.54) is 12.1 Å². The maximum atomic E-state index is 13.1. The van der Waals surface area contributed by atoms with Crippen LogP contribution in [0.5, 0.6) is 0 Å². The monoisotopic (exact) mass is 395 g/mol. The van der Waals surface area contributed by atoms with Gasteiger partial charge in [0.15, 0.2) is 0 Å². The molecule has 2 aromatic carbocycles. The Morgan fingerprint density at radius 3 is 2.57 bits per heavy atom. The van der Waals surface area contributed by atoms with Gasteiger partial charge in [0.25, 0.3) is 0 Å². The molecule has 21 heavy (non-hydrogen) atoms. The Hall–Kier alpha value is -1.89. The molecule has 0 aliphatic heterocycles. The van der Waals surface area contributed by atoms with Crippen molar-refractivity contribution in [3.63, 3.8) is 0 Å². The second kappa shape index (κ2) is 5.48. The van der Waals surface area contributed by atoms with E-state index in [0.29, 0.717) is 0 Å². The van der Waals surface area contributed by atoms with Crippen molar-refractivity contribution >= 4 is 39.5 Å². The van der Waals surface area contributed by atoms with Crippen molar-refractivity contribution in [2.75, 3.05) is 0 Å². The molecule has 0 amide bonds. The number of halogens is 2. The predicted octanol–water partition coefficient (Wildman–Crippen LogP) is 4.21. The number of aromatic amines is 1. The van der Waals surface area contributed by atoms with Gasteiger partial charge in [-0.1, -0.05) is 0 Å². The molecule has 0 aliphatic rings. The minimum atomic E-state index is -0.891. The number of carboxylic acid groups (broad SMARTS) is 1. The van der Waals surface area contributed by atoms with Gasteiger partial charge < -0.3 is 10.1 Å². The number of carbonyl (C=O) groups is 1. The standard InChI is InChI=1S/C16H11FINO2/c17-10-3-1-9(2-4-10)16-13(8-15(20)21)12-7-11(18)5-6-14(12)19-16/h1-7,19H,8H2,(H,20,21). The topological polar surface area (TPSA) is 53.1 Å². The minimum Gasteiger partial charge on any atom is -0.481 e. The van der Waals surface area contributed by atoms with Crippen LogP contribution in [0, 0.1) is 9.39 Å². The third-order valence-electron chi connectivity index (χ3n) is 3.33. The SMILES string of the molecule is O=C(O)Cc1c(-c2ccc(F)cc2)[nH]c2ccc(I)cc12. The normalized spacial score (nSPS) is 11.0. The lowest BCUT2D eigenvalue weighted by molar-refractivity contribution is -0.136. The number of H-pyrrole nitrogens is 1. The number of carboxylic acids is 1. The van der Waals surface area contributed by atoms with Crippen molar-refractivity contribution in [3.05, 3.63) is 57.4 Å². The molecule has 0 saturated carbocycles. The zero-order valence-corrected chi connectivity index (χ0v) is 13.0. The molecule has 2 N–H and O–H groups in total. The molecule has 3 nitrogen and oxygen atoms in total. The zero-order valence-electron chi connectivity index (χ0n) is 10.9. The predicted molar refractivity (Wildman–Crippen MR) is 87.7 cm³/mol. The molecule has 0 fully saturated rings. The first-order valence-corrected chi connectivity index (χ1v) is 7.40. The number of nitrogens with one attached hydrogen (secondary N) is 1. The highest BCUT2D eigenvalue weighted by molar-refractivity contribution is 14.1. The largest absolute Gasteiger partial charge is 0.481 e. The van der Waals surface area contributed by atoms with E-state index in [1.54, 1.807) is 12.1 Å². The highest BCUT2D eigenvalue weighted by Crippen LogP contribution is 2.31. The summed E-state index contributed by atoms with van der Waals surface area (Å²) in [6.07, 6.45) is -0.0766. The van der Waals surface area contributed by atoms with Gasteiger partial charge in [-0.15, -0.1) is 0 Å². The molecular formula is C16H11FINO2. The lowest BCUT2D eigenvalue weighted by Crippen LogP contribution is -2.01. The molecule has 1 aromatic heterocycles. The van der Waals surface area contributed by atoms with Crippen LogP contribution in [0.15, 0.2) is 42.5 Å². The van der Waals surface area contributed by atoms with Crippen LogP contribution in [0.2, 0.25) is 0 Å². The Balaban J connectivity index is 2.25. The summed E-state index contributed by atoms with van der Waals surface area (Å²) >= 11 is 2.20. The van der Waals surface area contributed by atoms with E-state index in [-0.39, 0.29) is 12.2 Å². The number of hydrogen-bond donors (Lipinski definition) is 2. The van der Waals surface area contributed by atoms with Gasteiger partial charge in [-0.05, 0) is 76.2 Å². The fourth-order valence-corrected chi connectivity index (χ4v) is 2.91. The summed E-state index contributed by atoms with van der Waals surface area (Å²) < 4.78 is 14.1. The number of aromatic nitrogens is 1. The van der Waals surface area contributed by atoms with Crippen LogP contribution in [0.25, 0.3) is 22.2 Å². The summed E-state index contributed by atoms with van der Waals surface area (Å²) in [5.41, 5.74) is 3.11. The quantitative estimate of drug-likeness (QED) is 0.653. The van der Waals surface area contributed by atoms with E-state index in [2.05, 4.69) is 27.6 Å². The van der Waals surface area contributed by atoms with Gasteiger partial charge >= 0.3 is 5.97 Å². The van der Waals surface area contributed by atoms with Crippen molar-refractivity contribution < 1.29 is 14.3 Å². The van der Waals surface area contributed by atoms with Crippen LogP contribution >= 0.6 is 22.6 Å². The maximum Gasteiger partial charge on any atom is 0.307 e. The van der Waals surface area contributed by atoms with Gasteiger partial charge in [-0.25, -0.2) is 4.39 Å². The number of rotatable bonds is 3. The molecule has 5 heteroatoms. The number of fused-ring (bicyclic) bond motifs is 1. The van der Waals surface area contributed by atoms with Crippen LogP contribution in [-0.4, -0.2) is 16.1 Å². The van der Waals surface area contributed by atoms with Crippen LogP contribution in [0.3, 0.4) is 0 Å². The Bertz CT molecular complexity index is 824. The smallest absolute Gasteiger partial charge is 0.307 e. The summed E-state index contributed by atoms with van der Waals surface area (Å²) in [5.74, 6) is -1.21. The molecule has 0 aliphatic carbocycles. The molecule has 0 unspecified atom stereocenters. The van der Waals surface area contributed by atoms with E-state index >= 15 is 0 Å². The van der Waals surface area contributed by atoms with Crippen LogP contribution in [-0.2, 0) is 11.2 Å².